The number of rotatable bonds is 7. The van der Waals surface area contributed by atoms with Gasteiger partial charge in [0.25, 0.3) is 0 Å². The lowest BCUT2D eigenvalue weighted by Gasteiger charge is -2.20. The van der Waals surface area contributed by atoms with Gasteiger partial charge in [-0.15, -0.1) is 0 Å². The third kappa shape index (κ3) is 6.58. The fourth-order valence-electron chi connectivity index (χ4n) is 2.01. The lowest BCUT2D eigenvalue weighted by molar-refractivity contribution is -0.123. The summed E-state index contributed by atoms with van der Waals surface area (Å²) in [5.74, 6) is -0.186. The topological polar surface area (TPSA) is 61.4 Å². The van der Waals surface area contributed by atoms with Crippen molar-refractivity contribution in [1.82, 2.24) is 10.2 Å². The molecule has 0 heterocycles. The minimum absolute atomic E-state index is 0.0653. The van der Waals surface area contributed by atoms with Crippen LogP contribution in [-0.4, -0.2) is 42.4 Å². The van der Waals surface area contributed by atoms with Gasteiger partial charge in [-0.2, -0.15) is 0 Å². The van der Waals surface area contributed by atoms with E-state index in [0.717, 1.165) is 15.7 Å². The van der Waals surface area contributed by atoms with Crippen LogP contribution in [0.2, 0.25) is 0 Å². The van der Waals surface area contributed by atoms with Gasteiger partial charge in [0.1, 0.15) is 0 Å². The highest BCUT2D eigenvalue weighted by atomic mass is 79.9. The highest BCUT2D eigenvalue weighted by Crippen LogP contribution is 2.19. The summed E-state index contributed by atoms with van der Waals surface area (Å²) in [6.45, 7) is 8.75. The molecule has 0 saturated carbocycles. The predicted octanol–water partition coefficient (Wildman–Crippen LogP) is 2.54. The zero-order valence-corrected chi connectivity index (χ0v) is 15.2. The molecule has 1 rings (SSSR count). The zero-order chi connectivity index (χ0) is 16.7. The first-order valence-electron chi connectivity index (χ1n) is 7.39. The quantitative estimate of drug-likeness (QED) is 0.776. The van der Waals surface area contributed by atoms with Crippen LogP contribution in [0.1, 0.15) is 26.3 Å². The second-order valence-corrected chi connectivity index (χ2v) is 6.45. The number of aryl methyl sites for hydroxylation is 1. The van der Waals surface area contributed by atoms with Crippen LogP contribution in [0.4, 0.5) is 5.69 Å². The molecule has 0 saturated heterocycles. The van der Waals surface area contributed by atoms with Gasteiger partial charge < -0.3 is 10.6 Å². The number of nitrogens with one attached hydrogen (secondary N) is 2. The van der Waals surface area contributed by atoms with Crippen molar-refractivity contribution in [1.29, 1.82) is 0 Å². The van der Waals surface area contributed by atoms with Crippen molar-refractivity contribution in [2.24, 2.45) is 0 Å². The van der Waals surface area contributed by atoms with Crippen LogP contribution in [-0.2, 0) is 9.59 Å². The summed E-state index contributed by atoms with van der Waals surface area (Å²) < 4.78 is 0.976. The van der Waals surface area contributed by atoms with Gasteiger partial charge >= 0.3 is 0 Å². The molecule has 0 aromatic heterocycles. The Morgan fingerprint density at radius 2 is 1.86 bits per heavy atom. The van der Waals surface area contributed by atoms with Gasteiger partial charge in [-0.25, -0.2) is 0 Å². The molecule has 0 aliphatic carbocycles. The Morgan fingerprint density at radius 1 is 1.23 bits per heavy atom. The third-order valence-corrected chi connectivity index (χ3v) is 3.59. The lowest BCUT2D eigenvalue weighted by atomic mass is 10.2. The molecule has 0 fully saturated rings. The van der Waals surface area contributed by atoms with Crippen molar-refractivity contribution >= 4 is 33.4 Å². The molecular formula is C16H24BrN3O2. The number of hydrogen-bond donors (Lipinski definition) is 2. The van der Waals surface area contributed by atoms with Crippen LogP contribution >= 0.6 is 15.9 Å². The zero-order valence-electron chi connectivity index (χ0n) is 13.6. The molecule has 0 atom stereocenters. The van der Waals surface area contributed by atoms with E-state index >= 15 is 0 Å². The number of anilines is 1. The van der Waals surface area contributed by atoms with E-state index in [0.29, 0.717) is 6.54 Å². The molecule has 122 valence electrons. The molecule has 0 aliphatic rings. The van der Waals surface area contributed by atoms with Gasteiger partial charge in [0.2, 0.25) is 11.8 Å². The standard InChI is InChI=1S/C16H24BrN3O2/c1-5-20(9-15(21)18-11(2)3)10-16(22)19-14-7-6-13(17)8-12(14)4/h6-8,11H,5,9-10H2,1-4H3,(H,18,21)(H,19,22). The van der Waals surface area contributed by atoms with Crippen molar-refractivity contribution < 1.29 is 9.59 Å². The summed E-state index contributed by atoms with van der Waals surface area (Å²) in [5, 5.41) is 5.71. The average Bonchev–Trinajstić information content (AvgIpc) is 2.40. The van der Waals surface area contributed by atoms with Gasteiger partial charge in [0.15, 0.2) is 0 Å². The normalized spacial score (nSPS) is 10.9. The van der Waals surface area contributed by atoms with Crippen LogP contribution in [0.15, 0.2) is 22.7 Å². The molecule has 2 amide bonds. The fraction of sp³-hybridized carbons (Fsp3) is 0.500. The van der Waals surface area contributed by atoms with E-state index in [1.54, 1.807) is 4.90 Å². The van der Waals surface area contributed by atoms with E-state index in [2.05, 4.69) is 26.6 Å². The summed E-state index contributed by atoms with van der Waals surface area (Å²) in [5.41, 5.74) is 1.78. The molecule has 6 heteroatoms. The number of hydrogen-bond acceptors (Lipinski definition) is 3. The first kappa shape index (κ1) is 18.6. The Labute approximate surface area is 140 Å². The van der Waals surface area contributed by atoms with Gasteiger partial charge in [-0.3, -0.25) is 14.5 Å². The molecule has 0 radical (unpaired) electrons. The molecule has 1 aromatic rings. The monoisotopic (exact) mass is 369 g/mol. The van der Waals surface area contributed by atoms with E-state index in [1.807, 2.05) is 45.9 Å². The van der Waals surface area contributed by atoms with Crippen molar-refractivity contribution in [3.63, 3.8) is 0 Å². The Bertz CT molecular complexity index is 532. The first-order valence-corrected chi connectivity index (χ1v) is 8.18. The number of carbonyl (C=O) groups excluding carboxylic acids is 2. The van der Waals surface area contributed by atoms with Gasteiger partial charge in [0.05, 0.1) is 13.1 Å². The van der Waals surface area contributed by atoms with Crippen LogP contribution in [0.5, 0.6) is 0 Å². The smallest absolute Gasteiger partial charge is 0.238 e. The van der Waals surface area contributed by atoms with Crippen LogP contribution in [0.25, 0.3) is 0 Å². The number of likely N-dealkylation sites (N-methyl/N-ethyl adjacent to an activating group) is 1. The Morgan fingerprint density at radius 3 is 2.41 bits per heavy atom. The van der Waals surface area contributed by atoms with Crippen molar-refractivity contribution in [2.75, 3.05) is 25.0 Å². The number of benzene rings is 1. The first-order chi connectivity index (χ1) is 10.3. The summed E-state index contributed by atoms with van der Waals surface area (Å²) in [6.07, 6.45) is 0. The van der Waals surface area contributed by atoms with Crippen LogP contribution in [0.3, 0.4) is 0 Å². The number of amides is 2. The van der Waals surface area contributed by atoms with Gasteiger partial charge in [0, 0.05) is 16.2 Å². The Kier molecular flexibility index (Phi) is 7.55. The highest BCUT2D eigenvalue weighted by molar-refractivity contribution is 9.10. The Balaban J connectivity index is 2.56. The molecule has 0 bridgehead atoms. The fourth-order valence-corrected chi connectivity index (χ4v) is 2.49. The second kappa shape index (κ2) is 8.90. The van der Waals surface area contributed by atoms with Gasteiger partial charge in [-0.05, 0) is 51.1 Å². The maximum Gasteiger partial charge on any atom is 0.238 e. The van der Waals surface area contributed by atoms with E-state index in [1.165, 1.54) is 0 Å². The van der Waals surface area contributed by atoms with Crippen molar-refractivity contribution in [3.05, 3.63) is 28.2 Å². The lowest BCUT2D eigenvalue weighted by Crippen LogP contribution is -2.42. The van der Waals surface area contributed by atoms with E-state index in [-0.39, 0.29) is 30.9 Å². The van der Waals surface area contributed by atoms with Crippen LogP contribution in [0, 0.1) is 6.92 Å². The Hall–Kier alpha value is -1.40. The maximum absolute atomic E-state index is 12.1. The summed E-state index contributed by atoms with van der Waals surface area (Å²) in [4.78, 5) is 25.7. The second-order valence-electron chi connectivity index (χ2n) is 5.53. The maximum atomic E-state index is 12.1. The molecule has 0 unspecified atom stereocenters. The third-order valence-electron chi connectivity index (χ3n) is 3.09. The summed E-state index contributed by atoms with van der Waals surface area (Å²) in [6, 6.07) is 5.80. The van der Waals surface area contributed by atoms with E-state index in [4.69, 9.17) is 0 Å². The van der Waals surface area contributed by atoms with Crippen LogP contribution < -0.4 is 10.6 Å². The van der Waals surface area contributed by atoms with Gasteiger partial charge in [-0.1, -0.05) is 22.9 Å². The minimum atomic E-state index is -0.121. The molecule has 5 nitrogen and oxygen atoms in total. The molecule has 22 heavy (non-hydrogen) atoms. The summed E-state index contributed by atoms with van der Waals surface area (Å²) >= 11 is 3.40. The van der Waals surface area contributed by atoms with E-state index < -0.39 is 0 Å². The molecule has 0 aliphatic heterocycles. The largest absolute Gasteiger partial charge is 0.353 e. The highest BCUT2D eigenvalue weighted by Gasteiger charge is 2.14. The van der Waals surface area contributed by atoms with E-state index in [9.17, 15) is 9.59 Å². The SMILES string of the molecule is CCN(CC(=O)Nc1ccc(Br)cc1C)CC(=O)NC(C)C. The molecule has 0 spiro atoms. The number of carbonyl (C=O) groups is 2. The number of halogens is 1. The average molecular weight is 370 g/mol. The molecular weight excluding hydrogens is 346 g/mol. The molecule has 1 aromatic carbocycles. The molecule has 2 N–H and O–H groups in total. The number of nitrogens with zero attached hydrogens (tertiary/aromatic N) is 1. The summed E-state index contributed by atoms with van der Waals surface area (Å²) in [7, 11) is 0. The minimum Gasteiger partial charge on any atom is -0.353 e. The van der Waals surface area contributed by atoms with Crippen molar-refractivity contribution in [2.45, 2.75) is 33.7 Å². The van der Waals surface area contributed by atoms with Crippen molar-refractivity contribution in [3.8, 4) is 0 Å². The predicted molar refractivity (Wildman–Crippen MR) is 92.9 cm³/mol.